The zero-order valence-corrected chi connectivity index (χ0v) is 20.9. The molecule has 1 aliphatic rings. The molecule has 8 heteroatoms. The highest BCUT2D eigenvalue weighted by Gasteiger charge is 2.30. The third-order valence-corrected chi connectivity index (χ3v) is 7.20. The highest BCUT2D eigenvalue weighted by Crippen LogP contribution is 2.33. The largest absolute Gasteiger partial charge is 0.416 e. The van der Waals surface area contributed by atoms with Crippen LogP contribution >= 0.6 is 0 Å². The Hall–Kier alpha value is -3.68. The molecule has 0 amide bonds. The molecule has 1 saturated heterocycles. The number of hydrogen-bond acceptors (Lipinski definition) is 4. The van der Waals surface area contributed by atoms with Gasteiger partial charge in [-0.05, 0) is 86.1 Å². The van der Waals surface area contributed by atoms with E-state index in [0.29, 0.717) is 18.5 Å². The van der Waals surface area contributed by atoms with Gasteiger partial charge >= 0.3 is 6.18 Å². The lowest BCUT2D eigenvalue weighted by Gasteiger charge is -2.33. The van der Waals surface area contributed by atoms with Gasteiger partial charge in [0.2, 0.25) is 0 Å². The van der Waals surface area contributed by atoms with E-state index in [1.54, 1.807) is 12.1 Å². The lowest BCUT2D eigenvalue weighted by atomic mass is 9.89. The Kier molecular flexibility index (Phi) is 6.75. The second-order valence-electron chi connectivity index (χ2n) is 9.81. The van der Waals surface area contributed by atoms with Crippen LogP contribution in [0.2, 0.25) is 0 Å². The molecule has 0 bridgehead atoms. The maximum absolute atomic E-state index is 13.0. The smallest absolute Gasteiger partial charge is 0.357 e. The fourth-order valence-electron chi connectivity index (χ4n) is 5.11. The van der Waals surface area contributed by atoms with Gasteiger partial charge in [-0.1, -0.05) is 18.2 Å². The molecule has 0 radical (unpaired) electrons. The number of anilines is 1. The van der Waals surface area contributed by atoms with Gasteiger partial charge in [0, 0.05) is 31.9 Å². The van der Waals surface area contributed by atoms with Crippen molar-refractivity contribution in [1.29, 1.82) is 0 Å². The lowest BCUT2D eigenvalue weighted by molar-refractivity contribution is -0.137. The zero-order valence-electron chi connectivity index (χ0n) is 20.9. The molecule has 1 aromatic carbocycles. The fourth-order valence-corrected chi connectivity index (χ4v) is 5.11. The number of benzene rings is 1. The van der Waals surface area contributed by atoms with E-state index in [1.165, 1.54) is 12.1 Å². The first-order valence-electron chi connectivity index (χ1n) is 12.5. The highest BCUT2D eigenvalue weighted by molar-refractivity contribution is 5.96. The predicted molar refractivity (Wildman–Crippen MR) is 137 cm³/mol. The second-order valence-corrected chi connectivity index (χ2v) is 9.81. The third kappa shape index (κ3) is 5.38. The van der Waals surface area contributed by atoms with Crippen LogP contribution in [0.25, 0.3) is 5.65 Å². The van der Waals surface area contributed by atoms with Crippen LogP contribution in [0.4, 0.5) is 19.0 Å². The Morgan fingerprint density at radius 1 is 1.03 bits per heavy atom. The average molecular weight is 507 g/mol. The molecule has 1 aliphatic heterocycles. The van der Waals surface area contributed by atoms with Crippen molar-refractivity contribution < 1.29 is 18.0 Å². The Labute approximate surface area is 214 Å². The first-order valence-corrected chi connectivity index (χ1v) is 12.5. The monoisotopic (exact) mass is 506 g/mol. The van der Waals surface area contributed by atoms with Crippen LogP contribution in [-0.4, -0.2) is 33.2 Å². The molecular weight excluding hydrogens is 477 g/mol. The minimum atomic E-state index is -4.31. The van der Waals surface area contributed by atoms with Crippen molar-refractivity contribution in [3.8, 4) is 0 Å². The Morgan fingerprint density at radius 2 is 1.76 bits per heavy atom. The standard InChI is InChI=1S/C29H29F3N4O/c1-19-11-16-36-27(17-19)34-20(2)28(36)25(37)9-3-21-4-10-26(33-18-21)35-14-12-23(13-15-35)22-5-7-24(8-6-22)29(30,31)32/h4-8,10-11,16-18,23H,3,9,12-15H2,1-2H3. The van der Waals surface area contributed by atoms with E-state index in [9.17, 15) is 18.0 Å². The van der Waals surface area contributed by atoms with Gasteiger partial charge in [-0.2, -0.15) is 13.2 Å². The first kappa shape index (κ1) is 25.0. The third-order valence-electron chi connectivity index (χ3n) is 7.20. The summed E-state index contributed by atoms with van der Waals surface area (Å²) in [5.74, 6) is 1.19. The van der Waals surface area contributed by atoms with Gasteiger partial charge in [0.15, 0.2) is 5.78 Å². The first-order chi connectivity index (χ1) is 17.7. The van der Waals surface area contributed by atoms with Gasteiger partial charge in [0.05, 0.1) is 11.3 Å². The number of fused-ring (bicyclic) bond motifs is 1. The Balaban J connectivity index is 1.16. The number of hydrogen-bond donors (Lipinski definition) is 0. The van der Waals surface area contributed by atoms with Crippen LogP contribution in [0.1, 0.15) is 63.6 Å². The molecule has 0 saturated carbocycles. The van der Waals surface area contributed by atoms with E-state index in [0.717, 1.165) is 59.8 Å². The number of piperidine rings is 1. The summed E-state index contributed by atoms with van der Waals surface area (Å²) in [5, 5.41) is 0. The van der Waals surface area contributed by atoms with E-state index >= 15 is 0 Å². The van der Waals surface area contributed by atoms with Crippen LogP contribution in [-0.2, 0) is 12.6 Å². The van der Waals surface area contributed by atoms with Crippen LogP contribution in [0.15, 0.2) is 60.9 Å². The quantitative estimate of drug-likeness (QED) is 0.278. The van der Waals surface area contributed by atoms with Crippen LogP contribution in [0, 0.1) is 13.8 Å². The molecule has 0 spiro atoms. The van der Waals surface area contributed by atoms with E-state index in [1.807, 2.05) is 54.9 Å². The maximum atomic E-state index is 13.0. The average Bonchev–Trinajstić information content (AvgIpc) is 3.22. The van der Waals surface area contributed by atoms with Crippen LogP contribution in [0.3, 0.4) is 0 Å². The minimum absolute atomic E-state index is 0.0586. The molecule has 192 valence electrons. The van der Waals surface area contributed by atoms with Crippen molar-refractivity contribution in [2.75, 3.05) is 18.0 Å². The zero-order chi connectivity index (χ0) is 26.2. The van der Waals surface area contributed by atoms with Crippen LogP contribution in [0.5, 0.6) is 0 Å². The van der Waals surface area contributed by atoms with Crippen molar-refractivity contribution in [3.05, 3.63) is 94.6 Å². The summed E-state index contributed by atoms with van der Waals surface area (Å²) in [6.07, 6.45) is 2.12. The summed E-state index contributed by atoms with van der Waals surface area (Å²) in [5.41, 5.74) is 4.61. The summed E-state index contributed by atoms with van der Waals surface area (Å²) in [4.78, 5) is 24.4. The number of aryl methyl sites for hydroxylation is 3. The number of pyridine rings is 2. The number of nitrogens with zero attached hydrogens (tertiary/aromatic N) is 4. The lowest BCUT2D eigenvalue weighted by Crippen LogP contribution is -2.33. The summed E-state index contributed by atoms with van der Waals surface area (Å²) >= 11 is 0. The molecule has 0 unspecified atom stereocenters. The summed E-state index contributed by atoms with van der Waals surface area (Å²) in [6.45, 7) is 5.46. The van der Waals surface area contributed by atoms with Gasteiger partial charge in [0.1, 0.15) is 17.2 Å². The van der Waals surface area contributed by atoms with Crippen molar-refractivity contribution in [2.24, 2.45) is 0 Å². The van der Waals surface area contributed by atoms with E-state index in [2.05, 4.69) is 14.9 Å². The number of carbonyl (C=O) groups is 1. The number of carbonyl (C=O) groups excluding carboxylic acids is 1. The number of rotatable bonds is 6. The van der Waals surface area contributed by atoms with E-state index in [-0.39, 0.29) is 11.7 Å². The van der Waals surface area contributed by atoms with Crippen molar-refractivity contribution in [2.45, 2.75) is 51.6 Å². The Bertz CT molecular complexity index is 1400. The number of ketones is 1. The van der Waals surface area contributed by atoms with Gasteiger partial charge in [0.25, 0.3) is 0 Å². The number of alkyl halides is 3. The topological polar surface area (TPSA) is 50.5 Å². The molecule has 4 heterocycles. The van der Waals surface area contributed by atoms with Crippen molar-refractivity contribution in [1.82, 2.24) is 14.4 Å². The molecule has 37 heavy (non-hydrogen) atoms. The molecule has 5 rings (SSSR count). The van der Waals surface area contributed by atoms with E-state index in [4.69, 9.17) is 0 Å². The van der Waals surface area contributed by atoms with Gasteiger partial charge < -0.3 is 4.90 Å². The predicted octanol–water partition coefficient (Wildman–Crippen LogP) is 6.56. The maximum Gasteiger partial charge on any atom is 0.416 e. The Morgan fingerprint density at radius 3 is 2.41 bits per heavy atom. The molecular formula is C29H29F3N4O. The summed E-state index contributed by atoms with van der Waals surface area (Å²) in [6, 6.07) is 13.5. The summed E-state index contributed by atoms with van der Waals surface area (Å²) < 4.78 is 40.4. The normalized spacial score (nSPS) is 14.9. The van der Waals surface area contributed by atoms with Crippen molar-refractivity contribution >= 4 is 17.2 Å². The second kappa shape index (κ2) is 10.00. The fraction of sp³-hybridized carbons (Fsp3) is 0.345. The molecule has 4 aromatic rings. The minimum Gasteiger partial charge on any atom is -0.357 e. The van der Waals surface area contributed by atoms with Crippen molar-refractivity contribution in [3.63, 3.8) is 0 Å². The molecule has 0 aliphatic carbocycles. The molecule has 1 fully saturated rings. The molecule has 3 aromatic heterocycles. The number of aromatic nitrogens is 3. The highest BCUT2D eigenvalue weighted by atomic mass is 19.4. The molecule has 5 nitrogen and oxygen atoms in total. The van der Waals surface area contributed by atoms with Gasteiger partial charge in [-0.3, -0.25) is 9.20 Å². The molecule has 0 atom stereocenters. The van der Waals surface area contributed by atoms with Gasteiger partial charge in [-0.25, -0.2) is 9.97 Å². The number of halogens is 3. The van der Waals surface area contributed by atoms with E-state index < -0.39 is 11.7 Å². The number of Topliss-reactive ketones (excluding diaryl/α,β-unsaturated/α-hetero) is 1. The van der Waals surface area contributed by atoms with Crippen LogP contribution < -0.4 is 4.90 Å². The summed E-state index contributed by atoms with van der Waals surface area (Å²) in [7, 11) is 0. The molecule has 0 N–H and O–H groups in total. The number of imidazole rings is 1. The SMILES string of the molecule is Cc1ccn2c(C(=O)CCc3ccc(N4CCC(c5ccc(C(F)(F)F)cc5)CC4)nc3)c(C)nc2c1. The van der Waals surface area contributed by atoms with Gasteiger partial charge in [-0.15, -0.1) is 0 Å².